The first-order valence-electron chi connectivity index (χ1n) is 8.64. The fourth-order valence-electron chi connectivity index (χ4n) is 3.26. The lowest BCUT2D eigenvalue weighted by Gasteiger charge is -2.38. The van der Waals surface area contributed by atoms with Crippen LogP contribution in [0.25, 0.3) is 0 Å². The quantitative estimate of drug-likeness (QED) is 0.872. The molecular weight excluding hydrogens is 340 g/mol. The topological polar surface area (TPSA) is 83.5 Å². The van der Waals surface area contributed by atoms with E-state index in [1.54, 1.807) is 34.8 Å². The Hall–Kier alpha value is -1.51. The van der Waals surface area contributed by atoms with Crippen molar-refractivity contribution in [2.45, 2.75) is 63.7 Å². The van der Waals surface area contributed by atoms with Gasteiger partial charge in [-0.2, -0.15) is 0 Å². The third-order valence-electron chi connectivity index (χ3n) is 4.51. The molecule has 1 N–H and O–H groups in total. The number of Topliss-reactive ketones (excluding diaryl/α,β-unsaturated/α-hetero) is 1. The minimum absolute atomic E-state index is 0.112. The van der Waals surface area contributed by atoms with Gasteiger partial charge in [-0.3, -0.25) is 4.79 Å². The lowest BCUT2D eigenvalue weighted by Crippen LogP contribution is -2.55. The van der Waals surface area contributed by atoms with Gasteiger partial charge in [-0.15, -0.1) is 0 Å². The molecular formula is C19H26O7. The van der Waals surface area contributed by atoms with E-state index in [0.717, 1.165) is 5.56 Å². The van der Waals surface area contributed by atoms with Crippen molar-refractivity contribution in [2.75, 3.05) is 13.7 Å². The van der Waals surface area contributed by atoms with E-state index >= 15 is 0 Å². The predicted molar refractivity (Wildman–Crippen MR) is 91.7 cm³/mol. The summed E-state index contributed by atoms with van der Waals surface area (Å²) in [5.74, 6) is -1.46. The number of rotatable bonds is 4. The average molecular weight is 366 g/mol. The minimum Gasteiger partial charge on any atom is -0.497 e. The van der Waals surface area contributed by atoms with Crippen molar-refractivity contribution in [2.24, 2.45) is 0 Å². The molecule has 3 rings (SSSR count). The van der Waals surface area contributed by atoms with Gasteiger partial charge in [0.25, 0.3) is 0 Å². The van der Waals surface area contributed by atoms with E-state index in [1.165, 1.54) is 0 Å². The number of ketones is 1. The smallest absolute Gasteiger partial charge is 0.190 e. The van der Waals surface area contributed by atoms with E-state index in [-0.39, 0.29) is 12.4 Å². The second-order valence-electron chi connectivity index (χ2n) is 7.48. The average Bonchev–Trinajstić information content (AvgIpc) is 2.92. The highest BCUT2D eigenvalue weighted by molar-refractivity contribution is 5.85. The van der Waals surface area contributed by atoms with Gasteiger partial charge in [0, 0.05) is 0 Å². The van der Waals surface area contributed by atoms with Crippen LogP contribution in [0.15, 0.2) is 24.3 Å². The largest absolute Gasteiger partial charge is 0.497 e. The zero-order chi connectivity index (χ0) is 19.1. The van der Waals surface area contributed by atoms with Gasteiger partial charge in [-0.05, 0) is 45.4 Å². The Bertz CT molecular complexity index is 652. The Kier molecular flexibility index (Phi) is 5.11. The Morgan fingerprint density at radius 3 is 2.35 bits per heavy atom. The monoisotopic (exact) mass is 366 g/mol. The zero-order valence-corrected chi connectivity index (χ0v) is 15.7. The molecule has 2 aliphatic rings. The fourth-order valence-corrected chi connectivity index (χ4v) is 3.26. The number of carbonyl (C=O) groups is 1. The van der Waals surface area contributed by atoms with Crippen LogP contribution in [0.4, 0.5) is 0 Å². The van der Waals surface area contributed by atoms with Gasteiger partial charge in [0.05, 0.1) is 7.11 Å². The molecule has 2 heterocycles. The summed E-state index contributed by atoms with van der Waals surface area (Å²) in [6, 6.07) is 7.33. The number of ether oxygens (including phenoxy) is 5. The summed E-state index contributed by atoms with van der Waals surface area (Å²) in [7, 11) is 1.59. The van der Waals surface area contributed by atoms with Gasteiger partial charge in [-0.1, -0.05) is 12.1 Å². The molecule has 7 heteroatoms. The van der Waals surface area contributed by atoms with Gasteiger partial charge in [0.1, 0.15) is 36.8 Å². The molecule has 2 saturated heterocycles. The molecule has 0 unspecified atom stereocenters. The van der Waals surface area contributed by atoms with E-state index in [4.69, 9.17) is 23.7 Å². The molecule has 144 valence electrons. The molecule has 1 aromatic carbocycles. The van der Waals surface area contributed by atoms with Gasteiger partial charge in [-0.25, -0.2) is 0 Å². The molecule has 2 aliphatic heterocycles. The molecule has 0 aliphatic carbocycles. The molecule has 0 radical (unpaired) electrons. The molecule has 26 heavy (non-hydrogen) atoms. The number of hydrogen-bond donors (Lipinski definition) is 1. The number of aliphatic hydroxyl groups is 1. The van der Waals surface area contributed by atoms with Crippen LogP contribution in [0.3, 0.4) is 0 Å². The Labute approximate surface area is 153 Å². The summed E-state index contributed by atoms with van der Waals surface area (Å²) >= 11 is 0. The van der Waals surface area contributed by atoms with Crippen molar-refractivity contribution in [3.05, 3.63) is 29.8 Å². The summed E-state index contributed by atoms with van der Waals surface area (Å²) in [6.45, 7) is 6.84. The summed E-state index contributed by atoms with van der Waals surface area (Å²) in [6.07, 6.45) is -3.55. The lowest BCUT2D eigenvalue weighted by atomic mass is 9.95. The van der Waals surface area contributed by atoms with Crippen molar-refractivity contribution >= 4 is 5.78 Å². The van der Waals surface area contributed by atoms with E-state index in [9.17, 15) is 9.90 Å². The standard InChI is InChI=1S/C19H26O7/c1-18(2)23-10-13(20)16(25-18)14(21)17-15(24-19(3,4)26-17)11-6-8-12(22-5)9-7-11/h6-9,14-17,21H,10H2,1-5H3/t14-,15+,16-,17+/m0/s1. The van der Waals surface area contributed by atoms with Crippen LogP contribution < -0.4 is 4.74 Å². The predicted octanol–water partition coefficient (Wildman–Crippen LogP) is 1.97. The molecule has 0 amide bonds. The number of carbonyl (C=O) groups excluding carboxylic acids is 1. The van der Waals surface area contributed by atoms with Crippen molar-refractivity contribution in [1.29, 1.82) is 0 Å². The van der Waals surface area contributed by atoms with Crippen molar-refractivity contribution in [3.63, 3.8) is 0 Å². The van der Waals surface area contributed by atoms with Gasteiger partial charge >= 0.3 is 0 Å². The molecule has 4 atom stereocenters. The fraction of sp³-hybridized carbons (Fsp3) is 0.632. The highest BCUT2D eigenvalue weighted by atomic mass is 16.8. The maximum absolute atomic E-state index is 12.2. The van der Waals surface area contributed by atoms with Crippen LogP contribution in [0.5, 0.6) is 5.75 Å². The number of methoxy groups -OCH3 is 1. The van der Waals surface area contributed by atoms with E-state index in [2.05, 4.69) is 0 Å². The first-order valence-corrected chi connectivity index (χ1v) is 8.64. The molecule has 0 spiro atoms. The van der Waals surface area contributed by atoms with Crippen molar-refractivity contribution < 1.29 is 33.6 Å². The second kappa shape index (κ2) is 6.90. The van der Waals surface area contributed by atoms with Crippen LogP contribution in [0.2, 0.25) is 0 Å². The van der Waals surface area contributed by atoms with Crippen LogP contribution in [0, 0.1) is 0 Å². The minimum atomic E-state index is -1.19. The number of hydrogen-bond acceptors (Lipinski definition) is 7. The molecule has 0 aromatic heterocycles. The van der Waals surface area contributed by atoms with Crippen LogP contribution in [-0.4, -0.2) is 54.5 Å². The first kappa shape index (κ1) is 19.3. The van der Waals surface area contributed by atoms with Crippen LogP contribution in [0.1, 0.15) is 39.4 Å². The molecule has 1 aromatic rings. The van der Waals surface area contributed by atoms with Crippen LogP contribution >= 0.6 is 0 Å². The first-order chi connectivity index (χ1) is 12.1. The van der Waals surface area contributed by atoms with Gasteiger partial charge < -0.3 is 28.8 Å². The van der Waals surface area contributed by atoms with Gasteiger partial charge in [0.2, 0.25) is 0 Å². The Morgan fingerprint density at radius 2 is 1.73 bits per heavy atom. The zero-order valence-electron chi connectivity index (χ0n) is 15.7. The number of benzene rings is 1. The Morgan fingerprint density at radius 1 is 1.08 bits per heavy atom. The molecule has 2 fully saturated rings. The molecule has 7 nitrogen and oxygen atoms in total. The third-order valence-corrected chi connectivity index (χ3v) is 4.51. The Balaban J connectivity index is 1.86. The summed E-state index contributed by atoms with van der Waals surface area (Å²) < 4.78 is 28.1. The summed E-state index contributed by atoms with van der Waals surface area (Å²) in [5.41, 5.74) is 0.819. The summed E-state index contributed by atoms with van der Waals surface area (Å²) in [4.78, 5) is 12.2. The van der Waals surface area contributed by atoms with E-state index < -0.39 is 36.0 Å². The molecule has 0 bridgehead atoms. The molecule has 0 saturated carbocycles. The van der Waals surface area contributed by atoms with Crippen molar-refractivity contribution in [3.8, 4) is 5.75 Å². The van der Waals surface area contributed by atoms with Crippen molar-refractivity contribution in [1.82, 2.24) is 0 Å². The third kappa shape index (κ3) is 3.92. The number of aliphatic hydroxyl groups excluding tert-OH is 1. The highest BCUT2D eigenvalue weighted by Gasteiger charge is 2.51. The van der Waals surface area contributed by atoms with E-state index in [0.29, 0.717) is 5.75 Å². The lowest BCUT2D eigenvalue weighted by molar-refractivity contribution is -0.278. The SMILES string of the molecule is COc1ccc([C@H]2OC(C)(C)O[C@@H]2[C@@H](O)[C@H]2OC(C)(C)OCC2=O)cc1. The van der Waals surface area contributed by atoms with Crippen LogP contribution in [-0.2, 0) is 23.7 Å². The van der Waals surface area contributed by atoms with Gasteiger partial charge in [0.15, 0.2) is 17.4 Å². The summed E-state index contributed by atoms with van der Waals surface area (Å²) in [5, 5.41) is 10.9. The second-order valence-corrected chi connectivity index (χ2v) is 7.48. The normalized spacial score (nSPS) is 31.6. The maximum Gasteiger partial charge on any atom is 0.190 e. The maximum atomic E-state index is 12.2. The van der Waals surface area contributed by atoms with E-state index in [1.807, 2.05) is 24.3 Å². The highest BCUT2D eigenvalue weighted by Crippen LogP contribution is 2.41.